The number of allylic oxidation sites excluding steroid dienone is 2. The van der Waals surface area contributed by atoms with Crippen LogP contribution in [0.1, 0.15) is 17.5 Å². The fourth-order valence-electron chi connectivity index (χ4n) is 4.95. The van der Waals surface area contributed by atoms with Crippen LogP contribution in [0.5, 0.6) is 11.5 Å². The Labute approximate surface area is 208 Å². The van der Waals surface area contributed by atoms with Crippen LogP contribution in [-0.4, -0.2) is 35.1 Å². The van der Waals surface area contributed by atoms with Gasteiger partial charge in [-0.2, -0.15) is 10.1 Å². The van der Waals surface area contributed by atoms with Gasteiger partial charge in [0, 0.05) is 12.1 Å². The molecule has 1 aliphatic heterocycles. The van der Waals surface area contributed by atoms with E-state index < -0.39 is 4.92 Å². The number of fused-ring (bicyclic) bond motifs is 5. The second-order valence-electron chi connectivity index (χ2n) is 8.48. The lowest BCUT2D eigenvalue weighted by Crippen LogP contribution is -2.28. The average molecular weight is 573 g/mol. The Morgan fingerprint density at radius 1 is 1.15 bits per heavy atom. The van der Waals surface area contributed by atoms with Crippen molar-refractivity contribution < 1.29 is 24.0 Å². The third-order valence-corrected chi connectivity index (χ3v) is 7.35. The molecule has 0 aromatic heterocycles. The highest BCUT2D eigenvalue weighted by Crippen LogP contribution is 2.52. The topological polar surface area (TPSA) is 111 Å². The lowest BCUT2D eigenvalue weighted by molar-refractivity contribution is -0.384. The van der Waals surface area contributed by atoms with Crippen molar-refractivity contribution in [2.45, 2.75) is 13.0 Å². The first-order chi connectivity index (χ1) is 16.4. The Balaban J connectivity index is 1.31. The monoisotopic (exact) mass is 573 g/mol. The SMILES string of the molecule is COc1cc(/C=N\N2C(=O)[C@@H]3[C@@H](C2=O)[C@H]2C=C[C@H]3C2)cc(I)c1OCc1ccc([N+](=O)[O-])cc1. The molecule has 1 saturated heterocycles. The van der Waals surface area contributed by atoms with Gasteiger partial charge in [0.15, 0.2) is 11.5 Å². The summed E-state index contributed by atoms with van der Waals surface area (Å²) in [4.78, 5) is 36.0. The van der Waals surface area contributed by atoms with E-state index in [-0.39, 0.29) is 47.8 Å². The zero-order valence-electron chi connectivity index (χ0n) is 18.1. The maximum Gasteiger partial charge on any atom is 0.269 e. The molecule has 1 heterocycles. The fraction of sp³-hybridized carbons (Fsp3) is 0.292. The zero-order chi connectivity index (χ0) is 24.0. The van der Waals surface area contributed by atoms with Gasteiger partial charge in [-0.3, -0.25) is 19.7 Å². The molecule has 174 valence electrons. The van der Waals surface area contributed by atoms with Crippen LogP contribution >= 0.6 is 22.6 Å². The number of carbonyl (C=O) groups is 2. The van der Waals surface area contributed by atoms with Crippen molar-refractivity contribution in [2.75, 3.05) is 7.11 Å². The normalized spacial score (nSPS) is 24.8. The third-order valence-electron chi connectivity index (χ3n) is 6.55. The molecular formula is C24H20IN3O6. The lowest BCUT2D eigenvalue weighted by atomic mass is 9.85. The summed E-state index contributed by atoms with van der Waals surface area (Å²) in [7, 11) is 1.52. The number of hydrazone groups is 1. The molecule has 0 unspecified atom stereocenters. The first-order valence-corrected chi connectivity index (χ1v) is 11.8. The Hall–Kier alpha value is -3.28. The summed E-state index contributed by atoms with van der Waals surface area (Å²) in [6.07, 6.45) is 6.46. The van der Waals surface area contributed by atoms with Crippen LogP contribution in [-0.2, 0) is 16.2 Å². The summed E-state index contributed by atoms with van der Waals surface area (Å²) in [6.45, 7) is 0.202. The van der Waals surface area contributed by atoms with Gasteiger partial charge < -0.3 is 9.47 Å². The molecule has 3 aliphatic rings. The molecule has 2 aliphatic carbocycles. The highest BCUT2D eigenvalue weighted by molar-refractivity contribution is 14.1. The molecule has 5 rings (SSSR count). The second kappa shape index (κ2) is 8.82. The maximum atomic E-state index is 12.8. The van der Waals surface area contributed by atoms with Gasteiger partial charge in [0.25, 0.3) is 17.5 Å². The minimum absolute atomic E-state index is 0.0158. The minimum Gasteiger partial charge on any atom is -0.493 e. The van der Waals surface area contributed by atoms with E-state index in [0.717, 1.165) is 20.6 Å². The highest BCUT2D eigenvalue weighted by Gasteiger charge is 2.59. The average Bonchev–Trinajstić information content (AvgIpc) is 3.51. The summed E-state index contributed by atoms with van der Waals surface area (Å²) in [5.41, 5.74) is 1.44. The molecule has 0 spiro atoms. The van der Waals surface area contributed by atoms with Crippen molar-refractivity contribution in [1.29, 1.82) is 0 Å². The molecule has 9 nitrogen and oxygen atoms in total. The van der Waals surface area contributed by atoms with E-state index in [2.05, 4.69) is 27.7 Å². The fourth-order valence-corrected chi connectivity index (χ4v) is 5.73. The number of carbonyl (C=O) groups excluding carboxylic acids is 2. The number of rotatable bonds is 7. The first kappa shape index (κ1) is 22.5. The molecule has 2 fully saturated rings. The quantitative estimate of drug-likeness (QED) is 0.124. The summed E-state index contributed by atoms with van der Waals surface area (Å²) < 4.78 is 12.1. The molecule has 2 bridgehead atoms. The molecule has 2 amide bonds. The van der Waals surface area contributed by atoms with E-state index in [9.17, 15) is 19.7 Å². The zero-order valence-corrected chi connectivity index (χ0v) is 20.2. The van der Waals surface area contributed by atoms with Gasteiger partial charge in [0.1, 0.15) is 6.61 Å². The maximum absolute atomic E-state index is 12.8. The van der Waals surface area contributed by atoms with Gasteiger partial charge >= 0.3 is 0 Å². The van der Waals surface area contributed by atoms with Crippen molar-refractivity contribution in [1.82, 2.24) is 5.01 Å². The number of hydrogen-bond donors (Lipinski definition) is 0. The van der Waals surface area contributed by atoms with Crippen molar-refractivity contribution in [3.8, 4) is 11.5 Å². The van der Waals surface area contributed by atoms with Crippen LogP contribution < -0.4 is 9.47 Å². The highest BCUT2D eigenvalue weighted by atomic mass is 127. The Morgan fingerprint density at radius 3 is 2.38 bits per heavy atom. The standard InChI is InChI=1S/C24H20IN3O6/c1-33-19-9-14(8-18(25)22(19)34-12-13-2-6-17(7-3-13)28(31)32)11-26-27-23(29)20-15-4-5-16(10-15)21(20)24(27)30/h2-9,11,15-16,20-21H,10,12H2,1H3/b26-11-/t15-,16-,20-,21-/m0/s1. The van der Waals surface area contributed by atoms with Crippen LogP contribution in [0.25, 0.3) is 0 Å². The van der Waals surface area contributed by atoms with Crippen LogP contribution in [0.2, 0.25) is 0 Å². The van der Waals surface area contributed by atoms with E-state index in [1.807, 2.05) is 18.2 Å². The number of amides is 2. The molecule has 2 aromatic carbocycles. The number of nitro benzene ring substituents is 1. The van der Waals surface area contributed by atoms with Crippen molar-refractivity contribution in [3.63, 3.8) is 0 Å². The van der Waals surface area contributed by atoms with Crippen LogP contribution in [0.3, 0.4) is 0 Å². The predicted octanol–water partition coefficient (Wildman–Crippen LogP) is 3.93. The first-order valence-electron chi connectivity index (χ1n) is 10.7. The predicted molar refractivity (Wildman–Crippen MR) is 130 cm³/mol. The molecule has 2 aromatic rings. The molecule has 0 N–H and O–H groups in total. The van der Waals surface area contributed by atoms with Gasteiger partial charge in [-0.05, 0) is 76.2 Å². The van der Waals surface area contributed by atoms with Crippen molar-refractivity contribution in [3.05, 3.63) is 73.4 Å². The van der Waals surface area contributed by atoms with Gasteiger partial charge in [-0.1, -0.05) is 12.2 Å². The molecule has 1 saturated carbocycles. The van der Waals surface area contributed by atoms with Crippen LogP contribution in [0.4, 0.5) is 5.69 Å². The van der Waals surface area contributed by atoms with Gasteiger partial charge in [-0.15, -0.1) is 0 Å². The molecule has 34 heavy (non-hydrogen) atoms. The van der Waals surface area contributed by atoms with E-state index >= 15 is 0 Å². The van der Waals surface area contributed by atoms with Gasteiger partial charge in [0.05, 0.1) is 33.7 Å². The largest absolute Gasteiger partial charge is 0.493 e. The number of nitrogens with zero attached hydrogens (tertiary/aromatic N) is 3. The summed E-state index contributed by atoms with van der Waals surface area (Å²) in [5, 5.41) is 16.0. The Morgan fingerprint density at radius 2 is 1.79 bits per heavy atom. The van der Waals surface area contributed by atoms with E-state index in [1.165, 1.54) is 25.5 Å². The number of ether oxygens (including phenoxy) is 2. The molecule has 10 heteroatoms. The number of nitro groups is 1. The van der Waals surface area contributed by atoms with Crippen LogP contribution in [0, 0.1) is 37.4 Å². The van der Waals surface area contributed by atoms with E-state index in [0.29, 0.717) is 17.1 Å². The Bertz CT molecular complexity index is 1210. The Kier molecular flexibility index (Phi) is 5.84. The van der Waals surface area contributed by atoms with E-state index in [4.69, 9.17) is 9.47 Å². The number of benzene rings is 2. The van der Waals surface area contributed by atoms with Gasteiger partial charge in [-0.25, -0.2) is 0 Å². The second-order valence-corrected chi connectivity index (χ2v) is 9.64. The van der Waals surface area contributed by atoms with Gasteiger partial charge in [0.2, 0.25) is 0 Å². The number of hydrogen-bond acceptors (Lipinski definition) is 7. The smallest absolute Gasteiger partial charge is 0.269 e. The van der Waals surface area contributed by atoms with Crippen molar-refractivity contribution >= 4 is 46.3 Å². The summed E-state index contributed by atoms with van der Waals surface area (Å²) in [5.74, 6) is 0.229. The number of non-ortho nitro benzene ring substituents is 1. The number of halogens is 1. The summed E-state index contributed by atoms with van der Waals surface area (Å²) >= 11 is 2.11. The lowest BCUT2D eigenvalue weighted by Gasteiger charge is -2.14. The molecule has 0 radical (unpaired) electrons. The van der Waals surface area contributed by atoms with Crippen LogP contribution in [0.15, 0.2) is 53.7 Å². The van der Waals surface area contributed by atoms with E-state index in [1.54, 1.807) is 18.2 Å². The number of methoxy groups -OCH3 is 1. The third kappa shape index (κ3) is 3.85. The summed E-state index contributed by atoms with van der Waals surface area (Å²) in [6, 6.07) is 9.66. The minimum atomic E-state index is -0.451. The van der Waals surface area contributed by atoms with Crippen molar-refractivity contribution in [2.24, 2.45) is 28.8 Å². The molecular weight excluding hydrogens is 553 g/mol. The molecule has 4 atom stereocenters. The number of imide groups is 1.